The molecule has 4 nitrogen and oxygen atoms in total. The number of hydrogen-bond donors (Lipinski definition) is 2. The maximum Gasteiger partial charge on any atom is 0.191 e. The topological polar surface area (TPSA) is 39.7 Å². The molecule has 1 aromatic heterocycles. The number of nitrogens with one attached hydrogen (secondary N) is 2. The first-order valence-electron chi connectivity index (χ1n) is 8.54. The second-order valence-corrected chi connectivity index (χ2v) is 6.92. The van der Waals surface area contributed by atoms with E-state index in [0.717, 1.165) is 32.1 Å². The van der Waals surface area contributed by atoms with Gasteiger partial charge in [-0.25, -0.2) is 0 Å². The van der Waals surface area contributed by atoms with Crippen LogP contribution in [0.1, 0.15) is 44.4 Å². The van der Waals surface area contributed by atoms with Crippen LogP contribution in [0, 0.1) is 0 Å². The third-order valence-electron chi connectivity index (χ3n) is 4.31. The van der Waals surface area contributed by atoms with Crippen LogP contribution in [0.4, 0.5) is 0 Å². The summed E-state index contributed by atoms with van der Waals surface area (Å²) in [5, 5.41) is 9.03. The number of guanidine groups is 1. The highest BCUT2D eigenvalue weighted by atomic mass is 32.1. The Kier molecular flexibility index (Phi) is 7.19. The summed E-state index contributed by atoms with van der Waals surface area (Å²) >= 11 is 1.82. The summed E-state index contributed by atoms with van der Waals surface area (Å²) < 4.78 is 0. The zero-order chi connectivity index (χ0) is 15.8. The molecule has 22 heavy (non-hydrogen) atoms. The summed E-state index contributed by atoms with van der Waals surface area (Å²) in [5.41, 5.74) is 0. The van der Waals surface area contributed by atoms with Gasteiger partial charge in [-0.2, -0.15) is 0 Å². The van der Waals surface area contributed by atoms with Crippen LogP contribution in [-0.2, 0) is 0 Å². The summed E-state index contributed by atoms with van der Waals surface area (Å²) in [6.07, 6.45) is 2.62. The minimum absolute atomic E-state index is 0.481. The molecule has 0 amide bonds. The van der Waals surface area contributed by atoms with Crippen molar-refractivity contribution in [3.63, 3.8) is 0 Å². The number of likely N-dealkylation sites (N-methyl/N-ethyl adjacent to an activating group) is 1. The Labute approximate surface area is 139 Å². The Bertz CT molecular complexity index is 444. The lowest BCUT2D eigenvalue weighted by Gasteiger charge is -2.24. The van der Waals surface area contributed by atoms with Crippen LogP contribution >= 0.6 is 11.3 Å². The number of aliphatic imine (C=N–C) groups is 1. The second kappa shape index (κ2) is 9.16. The Morgan fingerprint density at radius 3 is 3.00 bits per heavy atom. The molecule has 1 saturated heterocycles. The molecule has 2 heterocycles. The van der Waals surface area contributed by atoms with Gasteiger partial charge < -0.3 is 10.6 Å². The van der Waals surface area contributed by atoms with Crippen molar-refractivity contribution in [2.45, 2.75) is 45.6 Å². The Morgan fingerprint density at radius 2 is 2.32 bits per heavy atom. The van der Waals surface area contributed by atoms with Crippen LogP contribution in [0.3, 0.4) is 0 Å². The predicted molar refractivity (Wildman–Crippen MR) is 97.0 cm³/mol. The van der Waals surface area contributed by atoms with E-state index in [0.29, 0.717) is 12.0 Å². The van der Waals surface area contributed by atoms with Gasteiger partial charge in [0.25, 0.3) is 0 Å². The molecular weight excluding hydrogens is 292 g/mol. The molecule has 124 valence electrons. The molecule has 2 rings (SSSR count). The van der Waals surface area contributed by atoms with Crippen LogP contribution in [0.15, 0.2) is 22.5 Å². The quantitative estimate of drug-likeness (QED) is 0.599. The fourth-order valence-corrected chi connectivity index (χ4v) is 3.77. The van der Waals surface area contributed by atoms with Gasteiger partial charge in [0, 0.05) is 29.9 Å². The van der Waals surface area contributed by atoms with Gasteiger partial charge in [0.15, 0.2) is 5.96 Å². The lowest BCUT2D eigenvalue weighted by Crippen LogP contribution is -2.45. The van der Waals surface area contributed by atoms with Crippen molar-refractivity contribution in [2.75, 3.05) is 32.7 Å². The van der Waals surface area contributed by atoms with Crippen molar-refractivity contribution in [1.29, 1.82) is 0 Å². The van der Waals surface area contributed by atoms with E-state index in [4.69, 9.17) is 4.99 Å². The van der Waals surface area contributed by atoms with E-state index in [1.165, 1.54) is 24.3 Å². The standard InChI is InChI=1S/C17H30N4S/c1-4-18-17(19-12-14(3)16-9-7-11-22-16)20-13-15-8-6-10-21(15)5-2/h7,9,11,14-15H,4-6,8,10,12-13H2,1-3H3,(H2,18,19,20). The van der Waals surface area contributed by atoms with Gasteiger partial charge in [0.1, 0.15) is 0 Å². The highest BCUT2D eigenvalue weighted by Gasteiger charge is 2.22. The van der Waals surface area contributed by atoms with Gasteiger partial charge in [0.2, 0.25) is 0 Å². The van der Waals surface area contributed by atoms with E-state index in [1.807, 2.05) is 11.3 Å². The Hall–Kier alpha value is -1.07. The molecule has 0 spiro atoms. The first-order valence-corrected chi connectivity index (χ1v) is 9.42. The molecule has 2 atom stereocenters. The van der Waals surface area contributed by atoms with Crippen LogP contribution in [-0.4, -0.2) is 49.6 Å². The van der Waals surface area contributed by atoms with E-state index in [9.17, 15) is 0 Å². The number of likely N-dealkylation sites (tertiary alicyclic amines) is 1. The van der Waals surface area contributed by atoms with Crippen molar-refractivity contribution in [1.82, 2.24) is 15.5 Å². The van der Waals surface area contributed by atoms with Crippen molar-refractivity contribution < 1.29 is 0 Å². The Morgan fingerprint density at radius 1 is 1.45 bits per heavy atom. The van der Waals surface area contributed by atoms with Crippen LogP contribution in [0.5, 0.6) is 0 Å². The fraction of sp³-hybridized carbons (Fsp3) is 0.706. The number of rotatable bonds is 7. The average molecular weight is 323 g/mol. The van der Waals surface area contributed by atoms with E-state index in [1.54, 1.807) is 0 Å². The van der Waals surface area contributed by atoms with Gasteiger partial charge in [0.05, 0.1) is 6.54 Å². The third kappa shape index (κ3) is 4.99. The highest BCUT2D eigenvalue weighted by molar-refractivity contribution is 7.10. The van der Waals surface area contributed by atoms with Gasteiger partial charge in [-0.3, -0.25) is 9.89 Å². The minimum Gasteiger partial charge on any atom is -0.357 e. The van der Waals surface area contributed by atoms with Gasteiger partial charge in [-0.1, -0.05) is 19.9 Å². The van der Waals surface area contributed by atoms with Crippen molar-refractivity contribution in [2.24, 2.45) is 4.99 Å². The smallest absolute Gasteiger partial charge is 0.191 e. The predicted octanol–water partition coefficient (Wildman–Crippen LogP) is 2.89. The maximum atomic E-state index is 4.76. The molecule has 0 saturated carbocycles. The van der Waals surface area contributed by atoms with E-state index < -0.39 is 0 Å². The lowest BCUT2D eigenvalue weighted by molar-refractivity contribution is 0.267. The first kappa shape index (κ1) is 17.3. The van der Waals surface area contributed by atoms with E-state index >= 15 is 0 Å². The number of thiophene rings is 1. The summed E-state index contributed by atoms with van der Waals surface area (Å²) in [7, 11) is 0. The third-order valence-corrected chi connectivity index (χ3v) is 5.41. The maximum absolute atomic E-state index is 4.76. The monoisotopic (exact) mass is 322 g/mol. The zero-order valence-electron chi connectivity index (χ0n) is 14.1. The SMILES string of the molecule is CCNC(=NCC(C)c1cccs1)NCC1CCCN1CC. The van der Waals surface area contributed by atoms with Crippen molar-refractivity contribution in [3.8, 4) is 0 Å². The Balaban J connectivity index is 1.84. The molecule has 2 unspecified atom stereocenters. The summed E-state index contributed by atoms with van der Waals surface area (Å²) in [4.78, 5) is 8.73. The molecule has 0 radical (unpaired) electrons. The molecule has 1 aliphatic heterocycles. The fourth-order valence-electron chi connectivity index (χ4n) is 2.99. The molecule has 5 heteroatoms. The number of hydrogen-bond acceptors (Lipinski definition) is 3. The van der Waals surface area contributed by atoms with Crippen molar-refractivity contribution >= 4 is 17.3 Å². The van der Waals surface area contributed by atoms with Crippen LogP contribution in [0.25, 0.3) is 0 Å². The molecule has 0 bridgehead atoms. The average Bonchev–Trinajstić information content (AvgIpc) is 3.20. The molecule has 1 fully saturated rings. The van der Waals surface area contributed by atoms with E-state index in [2.05, 4.69) is 53.8 Å². The molecule has 0 aliphatic carbocycles. The van der Waals surface area contributed by atoms with Gasteiger partial charge >= 0.3 is 0 Å². The van der Waals surface area contributed by atoms with Crippen LogP contribution < -0.4 is 10.6 Å². The summed E-state index contributed by atoms with van der Waals surface area (Å²) in [6.45, 7) is 11.7. The highest BCUT2D eigenvalue weighted by Crippen LogP contribution is 2.20. The molecule has 2 N–H and O–H groups in total. The largest absolute Gasteiger partial charge is 0.357 e. The molecule has 0 aromatic carbocycles. The zero-order valence-corrected chi connectivity index (χ0v) is 15.0. The summed E-state index contributed by atoms with van der Waals surface area (Å²) in [6, 6.07) is 4.97. The lowest BCUT2D eigenvalue weighted by atomic mass is 10.1. The molecular formula is C17H30N4S. The van der Waals surface area contributed by atoms with Gasteiger partial charge in [-0.15, -0.1) is 11.3 Å². The molecule has 1 aliphatic rings. The van der Waals surface area contributed by atoms with Crippen molar-refractivity contribution in [3.05, 3.63) is 22.4 Å². The number of nitrogens with zero attached hydrogens (tertiary/aromatic N) is 2. The minimum atomic E-state index is 0.481. The first-order chi connectivity index (χ1) is 10.7. The summed E-state index contributed by atoms with van der Waals surface area (Å²) in [5.74, 6) is 1.43. The van der Waals surface area contributed by atoms with Crippen LogP contribution in [0.2, 0.25) is 0 Å². The molecule has 1 aromatic rings. The van der Waals surface area contributed by atoms with E-state index in [-0.39, 0.29) is 0 Å². The second-order valence-electron chi connectivity index (χ2n) is 5.94. The van der Waals surface area contributed by atoms with Gasteiger partial charge in [-0.05, 0) is 44.3 Å². The normalized spacial score (nSPS) is 21.0.